The first kappa shape index (κ1) is 19.1. The Morgan fingerprint density at radius 2 is 1.88 bits per heavy atom. The predicted molar refractivity (Wildman–Crippen MR) is 103 cm³/mol. The van der Waals surface area contributed by atoms with E-state index >= 15 is 0 Å². The molecule has 2 rings (SSSR count). The number of aryl methyl sites for hydroxylation is 1. The van der Waals surface area contributed by atoms with Crippen molar-refractivity contribution in [3.63, 3.8) is 0 Å². The van der Waals surface area contributed by atoms with Crippen molar-refractivity contribution in [3.8, 4) is 0 Å². The summed E-state index contributed by atoms with van der Waals surface area (Å²) in [5, 5.41) is 2.84. The van der Waals surface area contributed by atoms with Crippen LogP contribution in [0.4, 0.5) is 5.69 Å². The molecule has 4 nitrogen and oxygen atoms in total. The van der Waals surface area contributed by atoms with Crippen LogP contribution in [-0.2, 0) is 15.3 Å². The highest BCUT2D eigenvalue weighted by atomic mass is 32.2. The van der Waals surface area contributed by atoms with Gasteiger partial charge in [0.05, 0.1) is 17.9 Å². The number of carbonyl (C=O) groups excluding carboxylic acids is 2. The molecule has 0 radical (unpaired) electrons. The van der Waals surface area contributed by atoms with Gasteiger partial charge >= 0.3 is 5.97 Å². The van der Waals surface area contributed by atoms with Crippen molar-refractivity contribution in [1.29, 1.82) is 0 Å². The summed E-state index contributed by atoms with van der Waals surface area (Å²) in [5.74, 6) is 0.790. The van der Waals surface area contributed by atoms with Crippen molar-refractivity contribution < 1.29 is 14.3 Å². The average Bonchev–Trinajstić information content (AvgIpc) is 2.60. The lowest BCUT2D eigenvalue weighted by Gasteiger charge is -2.07. The molecule has 0 aromatic heterocycles. The molecule has 2 aromatic carbocycles. The van der Waals surface area contributed by atoms with Crippen molar-refractivity contribution in [3.05, 3.63) is 65.2 Å². The van der Waals surface area contributed by atoms with Gasteiger partial charge in [0.25, 0.3) is 0 Å². The maximum atomic E-state index is 12.0. The molecule has 0 saturated carbocycles. The quantitative estimate of drug-likeness (QED) is 0.710. The molecule has 0 bridgehead atoms. The Morgan fingerprint density at radius 3 is 2.56 bits per heavy atom. The molecule has 25 heavy (non-hydrogen) atoms. The van der Waals surface area contributed by atoms with Crippen molar-refractivity contribution in [1.82, 2.24) is 0 Å². The highest BCUT2D eigenvalue weighted by Crippen LogP contribution is 2.15. The Balaban J connectivity index is 1.77. The normalized spacial score (nSPS) is 10.3. The van der Waals surface area contributed by atoms with Crippen LogP contribution in [0, 0.1) is 6.92 Å². The highest BCUT2D eigenvalue weighted by molar-refractivity contribution is 7.99. The van der Waals surface area contributed by atoms with Gasteiger partial charge in [0.2, 0.25) is 5.91 Å². The Hall–Kier alpha value is -2.27. The lowest BCUT2D eigenvalue weighted by molar-refractivity contribution is -0.113. The molecule has 0 unspecified atom stereocenters. The number of hydrogen-bond acceptors (Lipinski definition) is 4. The Bertz CT molecular complexity index is 713. The number of thioether (sulfide) groups is 1. The summed E-state index contributed by atoms with van der Waals surface area (Å²) >= 11 is 1.57. The fraction of sp³-hybridized carbons (Fsp3) is 0.300. The topological polar surface area (TPSA) is 55.4 Å². The number of rotatable bonds is 8. The van der Waals surface area contributed by atoms with Gasteiger partial charge in [-0.15, -0.1) is 11.8 Å². The summed E-state index contributed by atoms with van der Waals surface area (Å²) in [4.78, 5) is 23.7. The number of esters is 1. The molecule has 0 saturated heterocycles. The van der Waals surface area contributed by atoms with Crippen LogP contribution in [0.15, 0.2) is 48.5 Å². The molecule has 1 N–H and O–H groups in total. The van der Waals surface area contributed by atoms with E-state index in [2.05, 4.69) is 30.4 Å². The fourth-order valence-electron chi connectivity index (χ4n) is 2.23. The Morgan fingerprint density at radius 1 is 1.12 bits per heavy atom. The van der Waals surface area contributed by atoms with Gasteiger partial charge in [0.15, 0.2) is 0 Å². The van der Waals surface area contributed by atoms with Crippen LogP contribution >= 0.6 is 11.8 Å². The zero-order valence-corrected chi connectivity index (χ0v) is 15.4. The maximum absolute atomic E-state index is 12.0. The number of benzene rings is 2. The minimum absolute atomic E-state index is 0.0565. The molecule has 0 heterocycles. The lowest BCUT2D eigenvalue weighted by atomic mass is 10.2. The summed E-state index contributed by atoms with van der Waals surface area (Å²) < 4.78 is 5.07. The second-order valence-electron chi connectivity index (χ2n) is 5.74. The molecule has 132 valence electrons. The SMILES string of the molecule is CCCOC(=O)c1ccc(NC(=O)CSCc2cccc(C)c2)cc1. The first-order valence-electron chi connectivity index (χ1n) is 8.29. The molecule has 0 aliphatic carbocycles. The maximum Gasteiger partial charge on any atom is 0.338 e. The van der Waals surface area contributed by atoms with Gasteiger partial charge in [0.1, 0.15) is 0 Å². The molecule has 0 aliphatic rings. The molecule has 0 fully saturated rings. The van der Waals surface area contributed by atoms with Crippen LogP contribution < -0.4 is 5.32 Å². The van der Waals surface area contributed by atoms with Gasteiger partial charge < -0.3 is 10.1 Å². The van der Waals surface area contributed by atoms with Gasteiger partial charge in [-0.25, -0.2) is 4.79 Å². The Labute approximate surface area is 153 Å². The summed E-state index contributed by atoms with van der Waals surface area (Å²) in [7, 11) is 0. The van der Waals surface area contributed by atoms with E-state index in [0.717, 1.165) is 12.2 Å². The number of nitrogens with one attached hydrogen (secondary N) is 1. The number of carbonyl (C=O) groups is 2. The number of hydrogen-bond donors (Lipinski definition) is 1. The van der Waals surface area contributed by atoms with E-state index in [9.17, 15) is 9.59 Å². The van der Waals surface area contributed by atoms with Crippen LogP contribution in [0.3, 0.4) is 0 Å². The van der Waals surface area contributed by atoms with E-state index in [-0.39, 0.29) is 11.9 Å². The molecule has 2 aromatic rings. The van der Waals surface area contributed by atoms with Crippen molar-refractivity contribution >= 4 is 29.3 Å². The zero-order valence-electron chi connectivity index (χ0n) is 14.6. The molecule has 1 amide bonds. The average molecular weight is 357 g/mol. The van der Waals surface area contributed by atoms with Crippen LogP contribution in [0.5, 0.6) is 0 Å². The first-order chi connectivity index (χ1) is 12.1. The van der Waals surface area contributed by atoms with E-state index in [0.29, 0.717) is 23.6 Å². The Kier molecular flexibility index (Phi) is 7.54. The van der Waals surface area contributed by atoms with Crippen LogP contribution in [0.25, 0.3) is 0 Å². The van der Waals surface area contributed by atoms with E-state index in [1.165, 1.54) is 11.1 Å². The molecule has 5 heteroatoms. The lowest BCUT2D eigenvalue weighted by Crippen LogP contribution is -2.14. The van der Waals surface area contributed by atoms with E-state index in [1.807, 2.05) is 13.0 Å². The third kappa shape index (κ3) is 6.63. The molecule has 0 atom stereocenters. The highest BCUT2D eigenvalue weighted by Gasteiger charge is 2.08. The third-order valence-electron chi connectivity index (χ3n) is 3.43. The van der Waals surface area contributed by atoms with E-state index in [1.54, 1.807) is 36.0 Å². The molecular formula is C20H23NO3S. The number of amides is 1. The second-order valence-corrected chi connectivity index (χ2v) is 6.73. The molecule has 0 aliphatic heterocycles. The van der Waals surface area contributed by atoms with Crippen LogP contribution in [-0.4, -0.2) is 24.2 Å². The number of ether oxygens (including phenoxy) is 1. The minimum atomic E-state index is -0.339. The minimum Gasteiger partial charge on any atom is -0.462 e. The standard InChI is InChI=1S/C20H23NO3S/c1-3-11-24-20(23)17-7-9-18(10-8-17)21-19(22)14-25-13-16-6-4-5-15(2)12-16/h4-10,12H,3,11,13-14H2,1-2H3,(H,21,22). The summed E-state index contributed by atoms with van der Waals surface area (Å²) in [6, 6.07) is 15.0. The van der Waals surface area contributed by atoms with Gasteiger partial charge in [-0.2, -0.15) is 0 Å². The summed E-state index contributed by atoms with van der Waals surface area (Å²) in [6.45, 7) is 4.42. The molecule has 0 spiro atoms. The van der Waals surface area contributed by atoms with Crippen LogP contribution in [0.1, 0.15) is 34.8 Å². The van der Waals surface area contributed by atoms with Crippen molar-refractivity contribution in [2.24, 2.45) is 0 Å². The van der Waals surface area contributed by atoms with Crippen LogP contribution in [0.2, 0.25) is 0 Å². The third-order valence-corrected chi connectivity index (χ3v) is 4.43. The van der Waals surface area contributed by atoms with E-state index < -0.39 is 0 Å². The summed E-state index contributed by atoms with van der Waals surface area (Å²) in [6.07, 6.45) is 0.792. The van der Waals surface area contributed by atoms with Gasteiger partial charge in [0, 0.05) is 11.4 Å². The molecular weight excluding hydrogens is 334 g/mol. The second kappa shape index (κ2) is 9.89. The van der Waals surface area contributed by atoms with Crippen molar-refractivity contribution in [2.75, 3.05) is 17.7 Å². The van der Waals surface area contributed by atoms with E-state index in [4.69, 9.17) is 4.74 Å². The monoisotopic (exact) mass is 357 g/mol. The summed E-state index contributed by atoms with van der Waals surface area (Å²) in [5.41, 5.74) is 3.60. The van der Waals surface area contributed by atoms with Gasteiger partial charge in [-0.1, -0.05) is 36.8 Å². The number of anilines is 1. The fourth-order valence-corrected chi connectivity index (χ4v) is 3.00. The van der Waals surface area contributed by atoms with Gasteiger partial charge in [-0.3, -0.25) is 4.79 Å². The largest absolute Gasteiger partial charge is 0.462 e. The zero-order chi connectivity index (χ0) is 18.1. The van der Waals surface area contributed by atoms with Gasteiger partial charge in [-0.05, 0) is 43.2 Å². The predicted octanol–water partition coefficient (Wildman–Crippen LogP) is 4.43. The van der Waals surface area contributed by atoms with Crippen molar-refractivity contribution in [2.45, 2.75) is 26.0 Å². The smallest absolute Gasteiger partial charge is 0.338 e. The first-order valence-corrected chi connectivity index (χ1v) is 9.44.